The average Bonchev–Trinajstić information content (AvgIpc) is 2.47. The van der Waals surface area contributed by atoms with Gasteiger partial charge in [-0.15, -0.1) is 0 Å². The minimum absolute atomic E-state index is 0.206. The van der Waals surface area contributed by atoms with Gasteiger partial charge in [-0.2, -0.15) is 0 Å². The number of fused-ring (bicyclic) bond motifs is 1. The summed E-state index contributed by atoms with van der Waals surface area (Å²) in [6, 6.07) is 12.5. The molecule has 0 aliphatic carbocycles. The van der Waals surface area contributed by atoms with Crippen molar-refractivity contribution < 1.29 is 9.90 Å². The summed E-state index contributed by atoms with van der Waals surface area (Å²) in [5.41, 5.74) is 1.71. The Hall–Kier alpha value is -2.39. The Morgan fingerprint density at radius 1 is 1.05 bits per heavy atom. The van der Waals surface area contributed by atoms with Crippen LogP contribution in [0.1, 0.15) is 10.4 Å². The molecule has 0 saturated heterocycles. The number of nitrogens with zero attached hydrogens (tertiary/aromatic N) is 1. The molecule has 3 rings (SSSR count). The van der Waals surface area contributed by atoms with Crippen LogP contribution in [-0.2, 0) is 0 Å². The maximum absolute atomic E-state index is 11.1. The summed E-state index contributed by atoms with van der Waals surface area (Å²) in [4.78, 5) is 15.3. The summed E-state index contributed by atoms with van der Waals surface area (Å²) in [6.07, 6.45) is 3.48. The Kier molecular flexibility index (Phi) is 3.12. The quantitative estimate of drug-likeness (QED) is 0.765. The van der Waals surface area contributed by atoms with Gasteiger partial charge in [-0.05, 0) is 23.6 Å². The highest BCUT2D eigenvalue weighted by molar-refractivity contribution is 6.33. The van der Waals surface area contributed by atoms with Gasteiger partial charge in [0.2, 0.25) is 0 Å². The van der Waals surface area contributed by atoms with E-state index in [0.717, 1.165) is 16.3 Å². The van der Waals surface area contributed by atoms with Crippen LogP contribution in [0.2, 0.25) is 5.02 Å². The molecule has 98 valence electrons. The molecule has 0 spiro atoms. The van der Waals surface area contributed by atoms with Crippen LogP contribution in [-0.4, -0.2) is 16.1 Å². The highest BCUT2D eigenvalue weighted by atomic mass is 35.5. The van der Waals surface area contributed by atoms with Crippen molar-refractivity contribution in [2.75, 3.05) is 0 Å². The van der Waals surface area contributed by atoms with Gasteiger partial charge >= 0.3 is 5.97 Å². The summed E-state index contributed by atoms with van der Waals surface area (Å²) in [7, 11) is 0. The summed E-state index contributed by atoms with van der Waals surface area (Å²) in [5.74, 6) is -0.976. The van der Waals surface area contributed by atoms with E-state index in [2.05, 4.69) is 4.98 Å². The van der Waals surface area contributed by atoms with Crippen LogP contribution in [0.5, 0.6) is 0 Å². The molecule has 0 fully saturated rings. The Morgan fingerprint density at radius 2 is 1.85 bits per heavy atom. The van der Waals surface area contributed by atoms with E-state index in [0.29, 0.717) is 10.6 Å². The standard InChI is InChI=1S/C16H10ClNO2/c17-15-6-5-10(16(19)20)7-13(15)14-9-18-8-11-3-1-2-4-12(11)14/h1-9H,(H,19,20). The molecule has 4 heteroatoms. The molecular formula is C16H10ClNO2. The van der Waals surface area contributed by atoms with E-state index < -0.39 is 5.97 Å². The van der Waals surface area contributed by atoms with Crippen LogP contribution < -0.4 is 0 Å². The van der Waals surface area contributed by atoms with E-state index in [1.54, 1.807) is 24.5 Å². The fourth-order valence-corrected chi connectivity index (χ4v) is 2.42. The van der Waals surface area contributed by atoms with Crippen molar-refractivity contribution in [3.05, 3.63) is 65.4 Å². The molecule has 0 aliphatic rings. The molecule has 3 aromatic rings. The molecule has 0 radical (unpaired) electrons. The van der Waals surface area contributed by atoms with Gasteiger partial charge in [0.25, 0.3) is 0 Å². The maximum Gasteiger partial charge on any atom is 0.335 e. The molecule has 2 aromatic carbocycles. The van der Waals surface area contributed by atoms with Crippen molar-refractivity contribution in [2.24, 2.45) is 0 Å². The van der Waals surface area contributed by atoms with E-state index >= 15 is 0 Å². The van der Waals surface area contributed by atoms with Crippen molar-refractivity contribution >= 4 is 28.3 Å². The Balaban J connectivity index is 2.30. The number of rotatable bonds is 2. The minimum atomic E-state index is -0.976. The summed E-state index contributed by atoms with van der Waals surface area (Å²) in [5, 5.41) is 11.6. The van der Waals surface area contributed by atoms with Crippen molar-refractivity contribution in [3.8, 4) is 11.1 Å². The molecule has 0 saturated carbocycles. The maximum atomic E-state index is 11.1. The number of carbonyl (C=O) groups is 1. The van der Waals surface area contributed by atoms with Crippen LogP contribution in [0.3, 0.4) is 0 Å². The molecule has 0 unspecified atom stereocenters. The first kappa shape index (κ1) is 12.6. The third-order valence-corrected chi connectivity index (χ3v) is 3.50. The van der Waals surface area contributed by atoms with Crippen molar-refractivity contribution in [1.82, 2.24) is 4.98 Å². The van der Waals surface area contributed by atoms with Gasteiger partial charge in [-0.25, -0.2) is 4.79 Å². The van der Waals surface area contributed by atoms with Crippen LogP contribution in [0.25, 0.3) is 21.9 Å². The van der Waals surface area contributed by atoms with Crippen LogP contribution in [0.15, 0.2) is 54.9 Å². The van der Waals surface area contributed by atoms with E-state index in [-0.39, 0.29) is 5.56 Å². The fraction of sp³-hybridized carbons (Fsp3) is 0. The smallest absolute Gasteiger partial charge is 0.335 e. The largest absolute Gasteiger partial charge is 0.478 e. The Labute approximate surface area is 120 Å². The Morgan fingerprint density at radius 3 is 2.65 bits per heavy atom. The molecule has 0 atom stereocenters. The number of hydrogen-bond acceptors (Lipinski definition) is 2. The normalized spacial score (nSPS) is 10.7. The molecule has 1 heterocycles. The van der Waals surface area contributed by atoms with Gasteiger partial charge in [-0.1, -0.05) is 35.9 Å². The summed E-state index contributed by atoms with van der Waals surface area (Å²) < 4.78 is 0. The van der Waals surface area contributed by atoms with E-state index in [1.165, 1.54) is 6.07 Å². The van der Waals surface area contributed by atoms with Crippen LogP contribution in [0, 0.1) is 0 Å². The summed E-state index contributed by atoms with van der Waals surface area (Å²) in [6.45, 7) is 0. The van der Waals surface area contributed by atoms with Crippen LogP contribution >= 0.6 is 11.6 Å². The Bertz CT molecular complexity index is 809. The number of carboxylic acids is 1. The lowest BCUT2D eigenvalue weighted by Gasteiger charge is -2.09. The number of aromatic carboxylic acids is 1. The number of aromatic nitrogens is 1. The second-order valence-electron chi connectivity index (χ2n) is 4.41. The molecule has 0 bridgehead atoms. The van der Waals surface area contributed by atoms with Gasteiger partial charge in [0.1, 0.15) is 0 Å². The van der Waals surface area contributed by atoms with E-state index in [1.807, 2.05) is 24.3 Å². The van der Waals surface area contributed by atoms with Gasteiger partial charge in [0.05, 0.1) is 5.56 Å². The fourth-order valence-electron chi connectivity index (χ4n) is 2.20. The predicted molar refractivity (Wildman–Crippen MR) is 79.1 cm³/mol. The lowest BCUT2D eigenvalue weighted by molar-refractivity contribution is 0.0697. The zero-order chi connectivity index (χ0) is 14.1. The first-order chi connectivity index (χ1) is 9.66. The van der Waals surface area contributed by atoms with E-state index in [9.17, 15) is 4.79 Å². The molecular weight excluding hydrogens is 274 g/mol. The number of hydrogen-bond donors (Lipinski definition) is 1. The zero-order valence-corrected chi connectivity index (χ0v) is 11.1. The highest BCUT2D eigenvalue weighted by Gasteiger charge is 2.11. The number of halogens is 1. The third kappa shape index (κ3) is 2.12. The third-order valence-electron chi connectivity index (χ3n) is 3.17. The first-order valence-corrected chi connectivity index (χ1v) is 6.40. The lowest BCUT2D eigenvalue weighted by atomic mass is 9.99. The molecule has 3 nitrogen and oxygen atoms in total. The van der Waals surface area contributed by atoms with Gasteiger partial charge in [0.15, 0.2) is 0 Å². The first-order valence-electron chi connectivity index (χ1n) is 6.03. The number of carboxylic acid groups (broad SMARTS) is 1. The minimum Gasteiger partial charge on any atom is -0.478 e. The van der Waals surface area contributed by atoms with Gasteiger partial charge < -0.3 is 5.11 Å². The van der Waals surface area contributed by atoms with Crippen molar-refractivity contribution in [1.29, 1.82) is 0 Å². The van der Waals surface area contributed by atoms with Gasteiger partial charge in [-0.3, -0.25) is 4.98 Å². The lowest BCUT2D eigenvalue weighted by Crippen LogP contribution is -1.96. The molecule has 1 aromatic heterocycles. The van der Waals surface area contributed by atoms with Crippen LogP contribution in [0.4, 0.5) is 0 Å². The zero-order valence-electron chi connectivity index (χ0n) is 10.4. The molecule has 20 heavy (non-hydrogen) atoms. The van der Waals surface area contributed by atoms with Gasteiger partial charge in [0, 0.05) is 33.9 Å². The SMILES string of the molecule is O=C(O)c1ccc(Cl)c(-c2cncc3ccccc23)c1. The average molecular weight is 284 g/mol. The topological polar surface area (TPSA) is 50.2 Å². The number of pyridine rings is 1. The molecule has 1 N–H and O–H groups in total. The second-order valence-corrected chi connectivity index (χ2v) is 4.82. The second kappa shape index (κ2) is 4.94. The van der Waals surface area contributed by atoms with Crippen molar-refractivity contribution in [2.45, 2.75) is 0 Å². The molecule has 0 amide bonds. The molecule has 0 aliphatic heterocycles. The highest BCUT2D eigenvalue weighted by Crippen LogP contribution is 2.33. The monoisotopic (exact) mass is 283 g/mol. The van der Waals surface area contributed by atoms with Crippen molar-refractivity contribution in [3.63, 3.8) is 0 Å². The predicted octanol–water partition coefficient (Wildman–Crippen LogP) is 4.25. The van der Waals surface area contributed by atoms with E-state index in [4.69, 9.17) is 16.7 Å². The number of benzene rings is 2. The summed E-state index contributed by atoms with van der Waals surface area (Å²) >= 11 is 6.22.